The van der Waals surface area contributed by atoms with E-state index in [0.29, 0.717) is 12.0 Å². The first-order valence-corrected chi connectivity index (χ1v) is 7.10. The summed E-state index contributed by atoms with van der Waals surface area (Å²) < 4.78 is 41.2. The third-order valence-electron chi connectivity index (χ3n) is 3.80. The Morgan fingerprint density at radius 3 is 2.64 bits per heavy atom. The number of carbonyl (C=O) groups excluding carboxylic acids is 1. The van der Waals surface area contributed by atoms with Crippen molar-refractivity contribution >= 4 is 5.91 Å². The van der Waals surface area contributed by atoms with E-state index < -0.39 is 6.36 Å². The lowest BCUT2D eigenvalue weighted by atomic mass is 10.1. The molecule has 1 fully saturated rings. The molecule has 0 spiro atoms. The number of carbonyl (C=O) groups is 1. The van der Waals surface area contributed by atoms with E-state index in [0.717, 1.165) is 12.8 Å². The summed E-state index contributed by atoms with van der Waals surface area (Å²) in [5, 5.41) is 0. The molecule has 2 N–H and O–H groups in total. The molecular formula is C15H19F3N2O2. The first-order chi connectivity index (χ1) is 10.3. The molecule has 7 heteroatoms. The first kappa shape index (κ1) is 16.6. The minimum Gasteiger partial charge on any atom is -0.405 e. The molecule has 2 atom stereocenters. The van der Waals surface area contributed by atoms with Crippen molar-refractivity contribution in [3.8, 4) is 5.75 Å². The van der Waals surface area contributed by atoms with Crippen LogP contribution in [0.5, 0.6) is 5.75 Å². The third kappa shape index (κ3) is 4.37. The summed E-state index contributed by atoms with van der Waals surface area (Å²) >= 11 is 0. The fraction of sp³-hybridized carbons (Fsp3) is 0.533. The third-order valence-corrected chi connectivity index (χ3v) is 3.80. The van der Waals surface area contributed by atoms with Gasteiger partial charge in [0.2, 0.25) is 5.91 Å². The predicted molar refractivity (Wildman–Crippen MR) is 74.9 cm³/mol. The lowest BCUT2D eigenvalue weighted by molar-refractivity contribution is -0.275. The van der Waals surface area contributed by atoms with Crippen LogP contribution in [0.15, 0.2) is 24.3 Å². The van der Waals surface area contributed by atoms with Crippen LogP contribution in [0.25, 0.3) is 0 Å². The summed E-state index contributed by atoms with van der Waals surface area (Å²) in [4.78, 5) is 13.7. The van der Waals surface area contributed by atoms with Crippen LogP contribution in [0.2, 0.25) is 0 Å². The highest BCUT2D eigenvalue weighted by Gasteiger charge is 2.33. The van der Waals surface area contributed by atoms with Crippen LogP contribution < -0.4 is 10.5 Å². The summed E-state index contributed by atoms with van der Waals surface area (Å²) in [5.74, 6) is -0.511. The lowest BCUT2D eigenvalue weighted by Crippen LogP contribution is -2.32. The smallest absolute Gasteiger partial charge is 0.405 e. The maximum absolute atomic E-state index is 12.4. The van der Waals surface area contributed by atoms with Gasteiger partial charge in [0.25, 0.3) is 0 Å². The summed E-state index contributed by atoms with van der Waals surface area (Å²) in [6, 6.07) is 5.87. The SMILES string of the molecule is CN(Cc1ccccc1OC(F)(F)F)C(=O)[C@H]1CC[C@H](N)C1. The van der Waals surface area contributed by atoms with Crippen LogP contribution in [0.4, 0.5) is 13.2 Å². The van der Waals surface area contributed by atoms with Crippen molar-refractivity contribution in [2.75, 3.05) is 7.05 Å². The Morgan fingerprint density at radius 2 is 2.05 bits per heavy atom. The molecule has 0 heterocycles. The van der Waals surface area contributed by atoms with Crippen LogP contribution >= 0.6 is 0 Å². The van der Waals surface area contributed by atoms with Gasteiger partial charge in [0.15, 0.2) is 0 Å². The molecule has 0 aliphatic heterocycles. The number of nitrogens with zero attached hydrogens (tertiary/aromatic N) is 1. The lowest BCUT2D eigenvalue weighted by Gasteiger charge is -2.22. The van der Waals surface area contributed by atoms with E-state index in [9.17, 15) is 18.0 Å². The number of amides is 1. The number of para-hydroxylation sites is 1. The number of hydrogen-bond donors (Lipinski definition) is 1. The molecule has 2 rings (SSSR count). The quantitative estimate of drug-likeness (QED) is 0.929. The van der Waals surface area contributed by atoms with Gasteiger partial charge in [0.1, 0.15) is 5.75 Å². The zero-order chi connectivity index (χ0) is 16.3. The second-order valence-corrected chi connectivity index (χ2v) is 5.62. The molecule has 122 valence electrons. The maximum atomic E-state index is 12.4. The topological polar surface area (TPSA) is 55.6 Å². The number of alkyl halides is 3. The van der Waals surface area contributed by atoms with E-state index >= 15 is 0 Å². The van der Waals surface area contributed by atoms with E-state index in [1.807, 2.05) is 0 Å². The average Bonchev–Trinajstić information content (AvgIpc) is 2.85. The highest BCUT2D eigenvalue weighted by molar-refractivity contribution is 5.79. The predicted octanol–water partition coefficient (Wildman–Crippen LogP) is 2.67. The molecule has 1 aliphatic carbocycles. The number of rotatable bonds is 4. The molecular weight excluding hydrogens is 297 g/mol. The van der Waals surface area contributed by atoms with Crippen LogP contribution in [0.1, 0.15) is 24.8 Å². The molecule has 22 heavy (non-hydrogen) atoms. The molecule has 0 saturated heterocycles. The van der Waals surface area contributed by atoms with Gasteiger partial charge in [-0.2, -0.15) is 0 Å². The van der Waals surface area contributed by atoms with Gasteiger partial charge in [-0.1, -0.05) is 18.2 Å². The molecule has 0 unspecified atom stereocenters. The Kier molecular flexibility index (Phi) is 4.95. The van der Waals surface area contributed by atoms with Crippen LogP contribution in [0, 0.1) is 5.92 Å². The summed E-state index contributed by atoms with van der Waals surface area (Å²) in [6.45, 7) is 0.0663. The van der Waals surface area contributed by atoms with E-state index in [-0.39, 0.29) is 30.2 Å². The number of nitrogens with two attached hydrogens (primary N) is 1. The Morgan fingerprint density at radius 1 is 1.36 bits per heavy atom. The number of hydrogen-bond acceptors (Lipinski definition) is 3. The summed E-state index contributed by atoms with van der Waals surface area (Å²) in [7, 11) is 1.58. The van der Waals surface area contributed by atoms with Gasteiger partial charge in [-0.25, -0.2) is 0 Å². The van der Waals surface area contributed by atoms with E-state index in [4.69, 9.17) is 5.73 Å². The fourth-order valence-corrected chi connectivity index (χ4v) is 2.74. The Balaban J connectivity index is 2.05. The number of ether oxygens (including phenoxy) is 1. The molecule has 1 aliphatic rings. The minimum atomic E-state index is -4.75. The second kappa shape index (κ2) is 6.56. The standard InChI is InChI=1S/C15H19F3N2O2/c1-20(14(21)10-6-7-12(19)8-10)9-11-4-2-3-5-13(11)22-15(16,17)18/h2-5,10,12H,6-9,19H2,1H3/t10-,12-/m0/s1. The minimum absolute atomic E-state index is 0.0307. The van der Waals surface area contributed by atoms with Gasteiger partial charge in [0, 0.05) is 31.1 Å². The molecule has 1 aromatic rings. The summed E-state index contributed by atoms with van der Waals surface area (Å²) in [5.41, 5.74) is 6.11. The first-order valence-electron chi connectivity index (χ1n) is 7.10. The van der Waals surface area contributed by atoms with Gasteiger partial charge in [-0.3, -0.25) is 4.79 Å². The zero-order valence-electron chi connectivity index (χ0n) is 12.3. The number of halogens is 3. The maximum Gasteiger partial charge on any atom is 0.573 e. The van der Waals surface area contributed by atoms with Gasteiger partial charge in [-0.05, 0) is 25.3 Å². The van der Waals surface area contributed by atoms with Crippen molar-refractivity contribution in [1.82, 2.24) is 4.90 Å². The average molecular weight is 316 g/mol. The molecule has 4 nitrogen and oxygen atoms in total. The second-order valence-electron chi connectivity index (χ2n) is 5.62. The van der Waals surface area contributed by atoms with E-state index in [1.165, 1.54) is 23.1 Å². The van der Waals surface area contributed by atoms with Crippen LogP contribution in [-0.2, 0) is 11.3 Å². The van der Waals surface area contributed by atoms with Crippen LogP contribution in [-0.4, -0.2) is 30.3 Å². The van der Waals surface area contributed by atoms with Gasteiger partial charge >= 0.3 is 6.36 Å². The molecule has 0 aromatic heterocycles. The molecule has 0 radical (unpaired) electrons. The largest absolute Gasteiger partial charge is 0.573 e. The highest BCUT2D eigenvalue weighted by atomic mass is 19.4. The zero-order valence-corrected chi connectivity index (χ0v) is 12.3. The van der Waals surface area contributed by atoms with Gasteiger partial charge in [0.05, 0.1) is 0 Å². The van der Waals surface area contributed by atoms with E-state index in [2.05, 4.69) is 4.74 Å². The normalized spacial score (nSPS) is 21.7. The highest BCUT2D eigenvalue weighted by Crippen LogP contribution is 2.29. The summed E-state index contributed by atoms with van der Waals surface area (Å²) in [6.07, 6.45) is -2.59. The molecule has 1 saturated carbocycles. The van der Waals surface area contributed by atoms with Crippen molar-refractivity contribution in [3.63, 3.8) is 0 Å². The van der Waals surface area contributed by atoms with Gasteiger partial charge in [-0.15, -0.1) is 13.2 Å². The molecule has 1 aromatic carbocycles. The van der Waals surface area contributed by atoms with Crippen molar-refractivity contribution in [3.05, 3.63) is 29.8 Å². The molecule has 1 amide bonds. The molecule has 0 bridgehead atoms. The van der Waals surface area contributed by atoms with Crippen molar-refractivity contribution < 1.29 is 22.7 Å². The van der Waals surface area contributed by atoms with Crippen molar-refractivity contribution in [2.24, 2.45) is 11.7 Å². The van der Waals surface area contributed by atoms with Crippen LogP contribution in [0.3, 0.4) is 0 Å². The van der Waals surface area contributed by atoms with Gasteiger partial charge < -0.3 is 15.4 Å². The van der Waals surface area contributed by atoms with Crippen molar-refractivity contribution in [1.29, 1.82) is 0 Å². The Labute approximate surface area is 127 Å². The Hall–Kier alpha value is -1.76. The number of benzene rings is 1. The monoisotopic (exact) mass is 316 g/mol. The van der Waals surface area contributed by atoms with Crippen molar-refractivity contribution in [2.45, 2.75) is 38.2 Å². The van der Waals surface area contributed by atoms with E-state index in [1.54, 1.807) is 13.1 Å². The fourth-order valence-electron chi connectivity index (χ4n) is 2.74. The Bertz CT molecular complexity index is 534.